The van der Waals surface area contributed by atoms with Crippen LogP contribution in [0.2, 0.25) is 0 Å². The summed E-state index contributed by atoms with van der Waals surface area (Å²) in [5.41, 5.74) is 6.85. The lowest BCUT2D eigenvalue weighted by Crippen LogP contribution is -2.53. The number of rotatable bonds is 1. The average molecular weight is 317 g/mol. The van der Waals surface area contributed by atoms with Crippen molar-refractivity contribution in [2.45, 2.75) is 26.3 Å². The fourth-order valence-corrected chi connectivity index (χ4v) is 3.28. The van der Waals surface area contributed by atoms with Crippen molar-refractivity contribution in [1.82, 2.24) is 4.90 Å². The molecule has 1 atom stereocenters. The van der Waals surface area contributed by atoms with Crippen LogP contribution in [-0.4, -0.2) is 29.9 Å². The third-order valence-corrected chi connectivity index (χ3v) is 4.92. The Kier molecular flexibility index (Phi) is 3.61. The topological polar surface area (TPSA) is 46.3 Å². The Morgan fingerprint density at radius 3 is 2.88 bits per heavy atom. The first-order valence-electron chi connectivity index (χ1n) is 5.69. The van der Waals surface area contributed by atoms with E-state index in [1.165, 1.54) is 0 Å². The molecule has 1 unspecified atom stereocenters. The van der Waals surface area contributed by atoms with E-state index < -0.39 is 0 Å². The number of hydrogen-bond acceptors (Lipinski definition) is 3. The molecule has 0 radical (unpaired) electrons. The zero-order valence-corrected chi connectivity index (χ0v) is 12.5. The van der Waals surface area contributed by atoms with Crippen molar-refractivity contribution >= 4 is 33.2 Å². The van der Waals surface area contributed by atoms with Crippen molar-refractivity contribution < 1.29 is 4.79 Å². The van der Waals surface area contributed by atoms with Gasteiger partial charge in [-0.05, 0) is 33.8 Å². The lowest BCUT2D eigenvalue weighted by Gasteiger charge is -2.42. The molecule has 0 bridgehead atoms. The predicted octanol–water partition coefficient (Wildman–Crippen LogP) is 2.71. The second-order valence-corrected chi connectivity index (χ2v) is 7.54. The van der Waals surface area contributed by atoms with Gasteiger partial charge in [-0.1, -0.05) is 13.8 Å². The van der Waals surface area contributed by atoms with Gasteiger partial charge >= 0.3 is 0 Å². The van der Waals surface area contributed by atoms with E-state index in [-0.39, 0.29) is 17.4 Å². The van der Waals surface area contributed by atoms with Crippen LogP contribution < -0.4 is 5.73 Å². The zero-order chi connectivity index (χ0) is 12.6. The van der Waals surface area contributed by atoms with Crippen LogP contribution in [0.15, 0.2) is 15.2 Å². The minimum absolute atomic E-state index is 0.00115. The van der Waals surface area contributed by atoms with Crippen LogP contribution in [0.25, 0.3) is 0 Å². The molecule has 1 fully saturated rings. The maximum absolute atomic E-state index is 12.3. The molecule has 1 saturated heterocycles. The molecule has 0 saturated carbocycles. The number of carbonyl (C=O) groups is 1. The number of amides is 1. The summed E-state index contributed by atoms with van der Waals surface area (Å²) in [6.45, 7) is 5.75. The summed E-state index contributed by atoms with van der Waals surface area (Å²) in [5.74, 6) is 0.118. The van der Waals surface area contributed by atoms with Crippen LogP contribution in [0.3, 0.4) is 0 Å². The highest BCUT2D eigenvalue weighted by Gasteiger charge is 2.35. The molecule has 94 valence electrons. The van der Waals surface area contributed by atoms with Gasteiger partial charge in [-0.25, -0.2) is 0 Å². The van der Waals surface area contributed by atoms with Crippen molar-refractivity contribution in [3.8, 4) is 0 Å². The first-order chi connectivity index (χ1) is 7.90. The molecule has 1 aromatic heterocycles. The molecule has 17 heavy (non-hydrogen) atoms. The minimum atomic E-state index is 0.00115. The Hall–Kier alpha value is -0.390. The van der Waals surface area contributed by atoms with Gasteiger partial charge in [0.1, 0.15) is 0 Å². The molecule has 2 rings (SSSR count). The highest BCUT2D eigenvalue weighted by molar-refractivity contribution is 9.11. The van der Waals surface area contributed by atoms with Crippen LogP contribution in [-0.2, 0) is 0 Å². The monoisotopic (exact) mass is 316 g/mol. The van der Waals surface area contributed by atoms with Gasteiger partial charge in [-0.3, -0.25) is 4.79 Å². The molecule has 1 amide bonds. The van der Waals surface area contributed by atoms with Gasteiger partial charge in [0.2, 0.25) is 0 Å². The van der Waals surface area contributed by atoms with Gasteiger partial charge in [-0.15, -0.1) is 11.3 Å². The molecule has 0 aromatic carbocycles. The summed E-state index contributed by atoms with van der Waals surface area (Å²) >= 11 is 4.93. The number of piperidine rings is 1. The Morgan fingerprint density at radius 2 is 2.35 bits per heavy atom. The summed E-state index contributed by atoms with van der Waals surface area (Å²) in [7, 11) is 0. The highest BCUT2D eigenvalue weighted by Crippen LogP contribution is 2.29. The van der Waals surface area contributed by atoms with Gasteiger partial charge in [0.15, 0.2) is 0 Å². The SMILES string of the molecule is CC1(C)CN(C(=O)c2csc(Br)c2)CCC1N. The standard InChI is InChI=1S/C12H17BrN2OS/c1-12(2)7-15(4-3-9(12)14)11(16)8-5-10(13)17-6-8/h5-6,9H,3-4,7,14H2,1-2H3. The second-order valence-electron chi connectivity index (χ2n) is 5.25. The Morgan fingerprint density at radius 1 is 1.65 bits per heavy atom. The molecule has 2 N–H and O–H groups in total. The zero-order valence-electron chi connectivity index (χ0n) is 10.1. The lowest BCUT2D eigenvalue weighted by atomic mass is 9.79. The van der Waals surface area contributed by atoms with Gasteiger partial charge in [0, 0.05) is 24.5 Å². The third-order valence-electron chi connectivity index (χ3n) is 3.41. The second kappa shape index (κ2) is 4.71. The molecule has 1 aliphatic heterocycles. The third kappa shape index (κ3) is 2.72. The fourth-order valence-electron chi connectivity index (χ4n) is 2.15. The number of carbonyl (C=O) groups excluding carboxylic acids is 1. The van der Waals surface area contributed by atoms with Crippen LogP contribution >= 0.6 is 27.3 Å². The Balaban J connectivity index is 2.11. The van der Waals surface area contributed by atoms with Gasteiger partial charge in [-0.2, -0.15) is 0 Å². The van der Waals surface area contributed by atoms with Gasteiger partial charge in [0.25, 0.3) is 5.91 Å². The van der Waals surface area contributed by atoms with Crippen molar-refractivity contribution in [1.29, 1.82) is 0 Å². The summed E-state index contributed by atoms with van der Waals surface area (Å²) in [6.07, 6.45) is 0.879. The van der Waals surface area contributed by atoms with E-state index in [9.17, 15) is 4.79 Å². The van der Waals surface area contributed by atoms with Crippen molar-refractivity contribution in [3.63, 3.8) is 0 Å². The first kappa shape index (κ1) is 13.1. The number of nitrogens with two attached hydrogens (primary N) is 1. The Labute approximate surface area is 114 Å². The fraction of sp³-hybridized carbons (Fsp3) is 0.583. The Bertz CT molecular complexity index is 430. The summed E-state index contributed by atoms with van der Waals surface area (Å²) in [5, 5.41) is 1.90. The molecule has 2 heterocycles. The molecule has 0 spiro atoms. The van der Waals surface area contributed by atoms with E-state index in [1.807, 2.05) is 16.3 Å². The molecule has 0 aliphatic carbocycles. The molecule has 1 aromatic rings. The number of hydrogen-bond donors (Lipinski definition) is 1. The van der Waals surface area contributed by atoms with Crippen LogP contribution in [0, 0.1) is 5.41 Å². The molecular formula is C12H17BrN2OS. The predicted molar refractivity (Wildman–Crippen MR) is 74.3 cm³/mol. The number of likely N-dealkylation sites (tertiary alicyclic amines) is 1. The maximum Gasteiger partial charge on any atom is 0.254 e. The van der Waals surface area contributed by atoms with Crippen LogP contribution in [0.5, 0.6) is 0 Å². The van der Waals surface area contributed by atoms with E-state index in [0.29, 0.717) is 0 Å². The van der Waals surface area contributed by atoms with Crippen LogP contribution in [0.1, 0.15) is 30.6 Å². The van der Waals surface area contributed by atoms with E-state index in [0.717, 1.165) is 28.9 Å². The van der Waals surface area contributed by atoms with Crippen molar-refractivity contribution in [2.24, 2.45) is 11.1 Å². The lowest BCUT2D eigenvalue weighted by molar-refractivity contribution is 0.0533. The highest BCUT2D eigenvalue weighted by atomic mass is 79.9. The minimum Gasteiger partial charge on any atom is -0.338 e. The van der Waals surface area contributed by atoms with Crippen molar-refractivity contribution in [2.75, 3.05) is 13.1 Å². The van der Waals surface area contributed by atoms with Crippen LogP contribution in [0.4, 0.5) is 0 Å². The van der Waals surface area contributed by atoms with Gasteiger partial charge < -0.3 is 10.6 Å². The molecule has 3 nitrogen and oxygen atoms in total. The number of nitrogens with zero attached hydrogens (tertiary/aromatic N) is 1. The number of thiophene rings is 1. The van der Waals surface area contributed by atoms with E-state index >= 15 is 0 Å². The quantitative estimate of drug-likeness (QED) is 0.866. The number of halogens is 1. The summed E-state index contributed by atoms with van der Waals surface area (Å²) in [6, 6.07) is 2.06. The summed E-state index contributed by atoms with van der Waals surface area (Å²) in [4.78, 5) is 14.2. The molecule has 5 heteroatoms. The maximum atomic E-state index is 12.3. The van der Waals surface area contributed by atoms with E-state index in [2.05, 4.69) is 29.8 Å². The largest absolute Gasteiger partial charge is 0.338 e. The molecular weight excluding hydrogens is 300 g/mol. The van der Waals surface area contributed by atoms with E-state index in [4.69, 9.17) is 5.73 Å². The summed E-state index contributed by atoms with van der Waals surface area (Å²) < 4.78 is 0.994. The van der Waals surface area contributed by atoms with Crippen molar-refractivity contribution in [3.05, 3.63) is 20.8 Å². The van der Waals surface area contributed by atoms with Gasteiger partial charge in [0.05, 0.1) is 9.35 Å². The molecule has 1 aliphatic rings. The van der Waals surface area contributed by atoms with E-state index in [1.54, 1.807) is 11.3 Å². The first-order valence-corrected chi connectivity index (χ1v) is 7.36. The smallest absolute Gasteiger partial charge is 0.254 e. The normalized spacial score (nSPS) is 23.8. The average Bonchev–Trinajstić information content (AvgIpc) is 2.68.